The monoisotopic (exact) mass is 315 g/mol. The molecule has 2 N–H and O–H groups in total. The van der Waals surface area contributed by atoms with Crippen molar-refractivity contribution in [2.75, 3.05) is 6.61 Å². The molecule has 0 unspecified atom stereocenters. The molecular weight excluding hydrogens is 290 g/mol. The Morgan fingerprint density at radius 2 is 1.90 bits per heavy atom. The van der Waals surface area contributed by atoms with E-state index < -0.39 is 10.0 Å². The summed E-state index contributed by atoms with van der Waals surface area (Å²) in [6.07, 6.45) is 3.91. The normalized spacial score (nSPS) is 23.4. The number of sulfonamides is 1. The topological polar surface area (TPSA) is 84.2 Å². The van der Waals surface area contributed by atoms with Gasteiger partial charge in [-0.1, -0.05) is 6.92 Å². The molecule has 0 aromatic carbocycles. The van der Waals surface area contributed by atoms with E-state index in [1.807, 2.05) is 0 Å². The Kier molecular flexibility index (Phi) is 5.06. The van der Waals surface area contributed by atoms with Crippen molar-refractivity contribution in [1.82, 2.24) is 14.5 Å². The van der Waals surface area contributed by atoms with Crippen LogP contribution < -0.4 is 4.72 Å². The summed E-state index contributed by atoms with van der Waals surface area (Å²) in [5.41, 5.74) is 1.07. The first kappa shape index (κ1) is 16.5. The van der Waals surface area contributed by atoms with E-state index in [2.05, 4.69) is 16.7 Å². The Labute approximate surface area is 126 Å². The van der Waals surface area contributed by atoms with Gasteiger partial charge in [-0.05, 0) is 45.4 Å². The SMILES string of the molecule is Cc1nn(CCO)c(C)c1S(=O)(=O)NC1CCC(C)CC1. The van der Waals surface area contributed by atoms with Crippen LogP contribution >= 0.6 is 0 Å². The third-order valence-corrected chi connectivity index (χ3v) is 6.01. The minimum absolute atomic E-state index is 0.0196. The van der Waals surface area contributed by atoms with Crippen LogP contribution in [0.2, 0.25) is 0 Å². The van der Waals surface area contributed by atoms with Gasteiger partial charge in [-0.3, -0.25) is 4.68 Å². The number of aliphatic hydroxyl groups is 1. The molecule has 0 spiro atoms. The summed E-state index contributed by atoms with van der Waals surface area (Å²) in [6.45, 7) is 5.88. The fraction of sp³-hybridized carbons (Fsp3) is 0.786. The Bertz CT molecular complexity index is 587. The molecule has 0 atom stereocenters. The lowest BCUT2D eigenvalue weighted by Crippen LogP contribution is -2.37. The molecule has 0 amide bonds. The molecule has 0 radical (unpaired) electrons. The lowest BCUT2D eigenvalue weighted by molar-refractivity contribution is 0.267. The van der Waals surface area contributed by atoms with Gasteiger partial charge in [0.25, 0.3) is 0 Å². The molecule has 7 heteroatoms. The van der Waals surface area contributed by atoms with Crippen LogP contribution in [0.3, 0.4) is 0 Å². The third kappa shape index (κ3) is 3.64. The molecule has 1 aliphatic rings. The number of aryl methyl sites for hydroxylation is 1. The van der Waals surface area contributed by atoms with E-state index >= 15 is 0 Å². The maximum atomic E-state index is 12.6. The van der Waals surface area contributed by atoms with Crippen LogP contribution in [0.25, 0.3) is 0 Å². The van der Waals surface area contributed by atoms with E-state index in [0.29, 0.717) is 23.9 Å². The van der Waals surface area contributed by atoms with E-state index in [1.165, 1.54) is 0 Å². The first-order valence-electron chi connectivity index (χ1n) is 7.52. The third-order valence-electron chi connectivity index (χ3n) is 4.23. The van der Waals surface area contributed by atoms with Gasteiger partial charge >= 0.3 is 0 Å². The molecule has 1 saturated carbocycles. The summed E-state index contributed by atoms with van der Waals surface area (Å²) in [7, 11) is -3.55. The zero-order valence-electron chi connectivity index (χ0n) is 13.0. The Hall–Kier alpha value is -0.920. The summed E-state index contributed by atoms with van der Waals surface area (Å²) < 4.78 is 29.6. The highest BCUT2D eigenvalue weighted by molar-refractivity contribution is 7.89. The number of hydrogen-bond donors (Lipinski definition) is 2. The summed E-state index contributed by atoms with van der Waals surface area (Å²) in [5.74, 6) is 0.682. The minimum Gasteiger partial charge on any atom is -0.394 e. The number of nitrogens with zero attached hydrogens (tertiary/aromatic N) is 2. The van der Waals surface area contributed by atoms with Crippen molar-refractivity contribution >= 4 is 10.0 Å². The molecule has 0 bridgehead atoms. The number of nitrogens with one attached hydrogen (secondary N) is 1. The fourth-order valence-corrected chi connectivity index (χ4v) is 4.75. The molecule has 1 aromatic heterocycles. The van der Waals surface area contributed by atoms with Crippen molar-refractivity contribution in [3.8, 4) is 0 Å². The van der Waals surface area contributed by atoms with Crippen LogP contribution in [0.4, 0.5) is 0 Å². The largest absolute Gasteiger partial charge is 0.394 e. The van der Waals surface area contributed by atoms with E-state index in [4.69, 9.17) is 5.11 Å². The second-order valence-electron chi connectivity index (χ2n) is 6.02. The van der Waals surface area contributed by atoms with Crippen molar-refractivity contribution in [2.45, 2.75) is 63.9 Å². The Morgan fingerprint density at radius 3 is 2.48 bits per heavy atom. The smallest absolute Gasteiger partial charge is 0.244 e. The van der Waals surface area contributed by atoms with Crippen LogP contribution in [0.15, 0.2) is 4.90 Å². The highest BCUT2D eigenvalue weighted by Crippen LogP contribution is 2.26. The van der Waals surface area contributed by atoms with Crippen LogP contribution in [0.1, 0.15) is 44.0 Å². The highest BCUT2D eigenvalue weighted by Gasteiger charge is 2.28. The predicted octanol–water partition coefficient (Wildman–Crippen LogP) is 1.35. The van der Waals surface area contributed by atoms with Gasteiger partial charge in [0.1, 0.15) is 4.90 Å². The van der Waals surface area contributed by atoms with E-state index in [1.54, 1.807) is 18.5 Å². The van der Waals surface area contributed by atoms with Crippen LogP contribution in [0, 0.1) is 19.8 Å². The van der Waals surface area contributed by atoms with Gasteiger partial charge in [-0.15, -0.1) is 0 Å². The van der Waals surface area contributed by atoms with Crippen molar-refractivity contribution in [2.24, 2.45) is 5.92 Å². The van der Waals surface area contributed by atoms with Crippen molar-refractivity contribution in [3.63, 3.8) is 0 Å². The first-order valence-corrected chi connectivity index (χ1v) is 9.00. The van der Waals surface area contributed by atoms with Gasteiger partial charge in [-0.2, -0.15) is 5.10 Å². The fourth-order valence-electron chi connectivity index (χ4n) is 3.04. The average Bonchev–Trinajstić information content (AvgIpc) is 2.68. The average molecular weight is 315 g/mol. The standard InChI is InChI=1S/C14H25N3O3S/c1-10-4-6-13(7-5-10)16-21(19,20)14-11(2)15-17(8-9-18)12(14)3/h10,13,16,18H,4-9H2,1-3H3. The number of aliphatic hydroxyl groups excluding tert-OH is 1. The van der Waals surface area contributed by atoms with Gasteiger partial charge < -0.3 is 5.11 Å². The predicted molar refractivity (Wildman–Crippen MR) is 80.5 cm³/mol. The summed E-state index contributed by atoms with van der Waals surface area (Å²) in [4.78, 5) is 0.259. The minimum atomic E-state index is -3.55. The van der Waals surface area contributed by atoms with Crippen molar-refractivity contribution < 1.29 is 13.5 Å². The molecule has 1 fully saturated rings. The van der Waals surface area contributed by atoms with E-state index in [-0.39, 0.29) is 17.5 Å². The summed E-state index contributed by atoms with van der Waals surface area (Å²) in [5, 5.41) is 13.2. The molecule has 0 saturated heterocycles. The maximum absolute atomic E-state index is 12.6. The van der Waals surface area contributed by atoms with Crippen molar-refractivity contribution in [1.29, 1.82) is 0 Å². The molecular formula is C14H25N3O3S. The van der Waals surface area contributed by atoms with Crippen LogP contribution in [-0.2, 0) is 16.6 Å². The Balaban J connectivity index is 2.19. The highest BCUT2D eigenvalue weighted by atomic mass is 32.2. The second kappa shape index (κ2) is 6.46. The number of aromatic nitrogens is 2. The molecule has 1 aromatic rings. The maximum Gasteiger partial charge on any atom is 0.244 e. The second-order valence-corrected chi connectivity index (χ2v) is 7.68. The zero-order valence-corrected chi connectivity index (χ0v) is 13.8. The molecule has 1 aliphatic carbocycles. The molecule has 2 rings (SSSR count). The van der Waals surface area contributed by atoms with Gasteiger partial charge in [0.05, 0.1) is 24.5 Å². The Morgan fingerprint density at radius 1 is 1.29 bits per heavy atom. The molecule has 0 aliphatic heterocycles. The molecule has 6 nitrogen and oxygen atoms in total. The number of hydrogen-bond acceptors (Lipinski definition) is 4. The molecule has 120 valence electrons. The number of rotatable bonds is 5. The van der Waals surface area contributed by atoms with Gasteiger partial charge in [0.2, 0.25) is 10.0 Å². The van der Waals surface area contributed by atoms with Crippen LogP contribution in [0.5, 0.6) is 0 Å². The summed E-state index contributed by atoms with van der Waals surface area (Å²) in [6, 6.07) is 0.0196. The zero-order chi connectivity index (χ0) is 15.6. The lowest BCUT2D eigenvalue weighted by Gasteiger charge is -2.26. The van der Waals surface area contributed by atoms with E-state index in [0.717, 1.165) is 25.7 Å². The van der Waals surface area contributed by atoms with Gasteiger partial charge in [0.15, 0.2) is 0 Å². The first-order chi connectivity index (χ1) is 9.85. The molecule has 21 heavy (non-hydrogen) atoms. The van der Waals surface area contributed by atoms with Gasteiger partial charge in [-0.25, -0.2) is 13.1 Å². The van der Waals surface area contributed by atoms with Crippen molar-refractivity contribution in [3.05, 3.63) is 11.4 Å². The lowest BCUT2D eigenvalue weighted by atomic mass is 9.88. The quantitative estimate of drug-likeness (QED) is 0.859. The molecule has 1 heterocycles. The van der Waals surface area contributed by atoms with Crippen LogP contribution in [-0.4, -0.2) is 36.0 Å². The summed E-state index contributed by atoms with van der Waals surface area (Å²) >= 11 is 0. The van der Waals surface area contributed by atoms with Gasteiger partial charge in [0, 0.05) is 6.04 Å². The van der Waals surface area contributed by atoms with E-state index in [9.17, 15) is 8.42 Å².